The quantitative estimate of drug-likeness (QED) is 0.859. The summed E-state index contributed by atoms with van der Waals surface area (Å²) in [6.07, 6.45) is 0. The second-order valence-corrected chi connectivity index (χ2v) is 5.45. The van der Waals surface area contributed by atoms with Gasteiger partial charge in [-0.15, -0.1) is 0 Å². The highest BCUT2D eigenvalue weighted by Crippen LogP contribution is 2.17. The molecule has 3 N–H and O–H groups in total. The van der Waals surface area contributed by atoms with Crippen LogP contribution in [0.2, 0.25) is 0 Å². The highest BCUT2D eigenvalue weighted by atomic mass is 16.5. The van der Waals surface area contributed by atoms with Crippen molar-refractivity contribution in [2.75, 3.05) is 6.61 Å². The van der Waals surface area contributed by atoms with Crippen LogP contribution in [-0.4, -0.2) is 18.1 Å². The first-order valence-corrected chi connectivity index (χ1v) is 6.07. The molecule has 4 nitrogen and oxygen atoms in total. The van der Waals surface area contributed by atoms with E-state index in [1.807, 2.05) is 52.0 Å². The topological polar surface area (TPSA) is 64.3 Å². The highest BCUT2D eigenvalue weighted by molar-refractivity contribution is 5.78. The lowest BCUT2D eigenvalue weighted by molar-refractivity contribution is -0.124. The molecule has 0 saturated heterocycles. The van der Waals surface area contributed by atoms with E-state index >= 15 is 0 Å². The normalized spacial score (nSPS) is 12.9. The van der Waals surface area contributed by atoms with Crippen molar-refractivity contribution in [2.45, 2.75) is 39.3 Å². The van der Waals surface area contributed by atoms with Gasteiger partial charge in [-0.1, -0.05) is 12.1 Å². The van der Waals surface area contributed by atoms with Crippen LogP contribution >= 0.6 is 0 Å². The maximum Gasteiger partial charge on any atom is 0.258 e. The van der Waals surface area contributed by atoms with Crippen molar-refractivity contribution in [1.82, 2.24) is 5.32 Å². The van der Waals surface area contributed by atoms with Crippen molar-refractivity contribution >= 4 is 5.91 Å². The van der Waals surface area contributed by atoms with Gasteiger partial charge in [0.15, 0.2) is 6.61 Å². The molecule has 0 heterocycles. The number of nitrogens with one attached hydrogen (secondary N) is 1. The summed E-state index contributed by atoms with van der Waals surface area (Å²) in [6, 6.07) is 7.44. The molecule has 0 bridgehead atoms. The molecule has 1 rings (SSSR count). The van der Waals surface area contributed by atoms with Crippen molar-refractivity contribution < 1.29 is 9.53 Å². The van der Waals surface area contributed by atoms with Crippen LogP contribution in [0.4, 0.5) is 0 Å². The van der Waals surface area contributed by atoms with Gasteiger partial charge in [-0.25, -0.2) is 0 Å². The molecule has 0 aliphatic rings. The smallest absolute Gasteiger partial charge is 0.258 e. The fourth-order valence-corrected chi connectivity index (χ4v) is 1.49. The van der Waals surface area contributed by atoms with Crippen molar-refractivity contribution in [2.24, 2.45) is 5.73 Å². The van der Waals surface area contributed by atoms with E-state index in [-0.39, 0.29) is 24.1 Å². The minimum Gasteiger partial charge on any atom is -0.484 e. The Morgan fingerprint density at radius 2 is 2.11 bits per heavy atom. The summed E-state index contributed by atoms with van der Waals surface area (Å²) in [7, 11) is 0. The molecule has 0 saturated carbocycles. The first-order chi connectivity index (χ1) is 8.28. The van der Waals surface area contributed by atoms with Crippen molar-refractivity contribution in [3.63, 3.8) is 0 Å². The van der Waals surface area contributed by atoms with E-state index in [4.69, 9.17) is 10.5 Å². The standard InChI is InChI=1S/C14H22N2O2/c1-10(15)11-6-5-7-12(8-11)18-9-13(17)16-14(2,3)4/h5-8,10H,9,15H2,1-4H3,(H,16,17)/t10-/m0/s1. The van der Waals surface area contributed by atoms with Gasteiger partial charge in [-0.2, -0.15) is 0 Å². The van der Waals surface area contributed by atoms with Gasteiger partial charge >= 0.3 is 0 Å². The Labute approximate surface area is 109 Å². The Bertz CT molecular complexity index is 409. The fourth-order valence-electron chi connectivity index (χ4n) is 1.49. The number of hydrogen-bond donors (Lipinski definition) is 2. The molecule has 0 unspecified atom stereocenters. The fraction of sp³-hybridized carbons (Fsp3) is 0.500. The van der Waals surface area contributed by atoms with Gasteiger partial charge in [0.1, 0.15) is 5.75 Å². The zero-order valence-electron chi connectivity index (χ0n) is 11.5. The van der Waals surface area contributed by atoms with Gasteiger partial charge < -0.3 is 15.8 Å². The molecule has 1 aromatic carbocycles. The molecule has 0 aliphatic heterocycles. The minimum atomic E-state index is -0.242. The summed E-state index contributed by atoms with van der Waals surface area (Å²) >= 11 is 0. The van der Waals surface area contributed by atoms with Crippen LogP contribution in [0.5, 0.6) is 5.75 Å². The van der Waals surface area contributed by atoms with Crippen molar-refractivity contribution in [3.8, 4) is 5.75 Å². The molecule has 100 valence electrons. The van der Waals surface area contributed by atoms with Gasteiger partial charge in [-0.3, -0.25) is 4.79 Å². The highest BCUT2D eigenvalue weighted by Gasteiger charge is 2.14. The van der Waals surface area contributed by atoms with E-state index in [1.54, 1.807) is 0 Å². The molecule has 0 spiro atoms. The zero-order chi connectivity index (χ0) is 13.8. The number of carbonyl (C=O) groups is 1. The predicted octanol–water partition coefficient (Wildman–Crippen LogP) is 2.00. The predicted molar refractivity (Wildman–Crippen MR) is 72.4 cm³/mol. The van der Waals surface area contributed by atoms with E-state index in [0.29, 0.717) is 5.75 Å². The zero-order valence-corrected chi connectivity index (χ0v) is 11.5. The van der Waals surface area contributed by atoms with Crippen LogP contribution in [0.25, 0.3) is 0 Å². The number of benzene rings is 1. The maximum atomic E-state index is 11.6. The number of carbonyl (C=O) groups excluding carboxylic acids is 1. The summed E-state index contributed by atoms with van der Waals surface area (Å²) in [5, 5.41) is 2.84. The molecule has 0 fully saturated rings. The summed E-state index contributed by atoms with van der Waals surface area (Å²) in [5.74, 6) is 0.530. The lowest BCUT2D eigenvalue weighted by Crippen LogP contribution is -2.43. The second-order valence-electron chi connectivity index (χ2n) is 5.45. The Hall–Kier alpha value is -1.55. The van der Waals surface area contributed by atoms with E-state index in [9.17, 15) is 4.79 Å². The van der Waals surface area contributed by atoms with Crippen molar-refractivity contribution in [1.29, 1.82) is 0 Å². The summed E-state index contributed by atoms with van der Waals surface area (Å²) < 4.78 is 5.44. The third kappa shape index (κ3) is 5.19. The molecule has 1 aromatic rings. The third-order valence-corrected chi connectivity index (χ3v) is 2.27. The Balaban J connectivity index is 2.53. The van der Waals surface area contributed by atoms with Crippen LogP contribution in [-0.2, 0) is 4.79 Å². The molecule has 1 atom stereocenters. The number of amides is 1. The molecular weight excluding hydrogens is 228 g/mol. The first kappa shape index (κ1) is 14.5. The molecular formula is C14H22N2O2. The Morgan fingerprint density at radius 3 is 2.67 bits per heavy atom. The van der Waals surface area contributed by atoms with E-state index < -0.39 is 0 Å². The molecule has 0 aromatic heterocycles. The Kier molecular flexibility index (Phi) is 4.73. The third-order valence-electron chi connectivity index (χ3n) is 2.27. The summed E-state index contributed by atoms with van der Waals surface area (Å²) in [6.45, 7) is 7.72. The molecule has 0 radical (unpaired) electrons. The van der Waals surface area contributed by atoms with Crippen LogP contribution < -0.4 is 15.8 Å². The second kappa shape index (κ2) is 5.87. The molecule has 1 amide bonds. The molecule has 4 heteroatoms. The lowest BCUT2D eigenvalue weighted by Gasteiger charge is -2.20. The average molecular weight is 250 g/mol. The average Bonchev–Trinajstić information content (AvgIpc) is 2.24. The summed E-state index contributed by atoms with van der Waals surface area (Å²) in [5.41, 5.74) is 6.53. The van der Waals surface area contributed by atoms with Gasteiger partial charge in [0.05, 0.1) is 0 Å². The van der Waals surface area contributed by atoms with E-state index in [2.05, 4.69) is 5.32 Å². The number of hydrogen-bond acceptors (Lipinski definition) is 3. The van der Waals surface area contributed by atoms with Crippen LogP contribution in [0, 0.1) is 0 Å². The minimum absolute atomic E-state index is 0.0136. The SMILES string of the molecule is C[C@H](N)c1cccc(OCC(=O)NC(C)(C)C)c1. The van der Waals surface area contributed by atoms with Gasteiger partial charge in [-0.05, 0) is 45.4 Å². The molecule has 18 heavy (non-hydrogen) atoms. The Morgan fingerprint density at radius 1 is 1.44 bits per heavy atom. The van der Waals surface area contributed by atoms with Gasteiger partial charge in [0.2, 0.25) is 0 Å². The van der Waals surface area contributed by atoms with Crippen LogP contribution in [0.15, 0.2) is 24.3 Å². The van der Waals surface area contributed by atoms with Gasteiger partial charge in [0, 0.05) is 11.6 Å². The maximum absolute atomic E-state index is 11.6. The van der Waals surface area contributed by atoms with Crippen LogP contribution in [0.3, 0.4) is 0 Å². The first-order valence-electron chi connectivity index (χ1n) is 6.07. The van der Waals surface area contributed by atoms with Gasteiger partial charge in [0.25, 0.3) is 5.91 Å². The largest absolute Gasteiger partial charge is 0.484 e. The number of rotatable bonds is 4. The summed E-state index contributed by atoms with van der Waals surface area (Å²) in [4.78, 5) is 11.6. The number of ether oxygens (including phenoxy) is 1. The van der Waals surface area contributed by atoms with Crippen molar-refractivity contribution in [3.05, 3.63) is 29.8 Å². The van der Waals surface area contributed by atoms with Crippen LogP contribution in [0.1, 0.15) is 39.3 Å². The number of nitrogens with two attached hydrogens (primary N) is 1. The van der Waals surface area contributed by atoms with E-state index in [1.165, 1.54) is 0 Å². The monoisotopic (exact) mass is 250 g/mol. The lowest BCUT2D eigenvalue weighted by atomic mass is 10.1. The molecule has 0 aliphatic carbocycles. The van der Waals surface area contributed by atoms with E-state index in [0.717, 1.165) is 5.56 Å².